The SMILES string of the molecule is CC#N.Cl.Cl.Cl.O=C(NCC(c1ccccc1Cl)N1CCCCC1)c1ccccc1F.O=C(NCC(c1ccccc1Cl)N1CCCCC1)c1ccccc1F.O=C(NCC(c1ccccc1Cl)N1CCCCC1)c1ccccc1F. The number of nitriles is 1. The molecule has 436 valence electrons. The smallest absolute Gasteiger partial charge is 0.254 e. The van der Waals surface area contributed by atoms with Crippen molar-refractivity contribution in [1.29, 1.82) is 5.26 Å². The lowest BCUT2D eigenvalue weighted by molar-refractivity contribution is 0.0912. The van der Waals surface area contributed by atoms with Crippen LogP contribution < -0.4 is 16.0 Å². The summed E-state index contributed by atoms with van der Waals surface area (Å²) in [7, 11) is 0. The van der Waals surface area contributed by atoms with Crippen molar-refractivity contribution in [2.24, 2.45) is 0 Å². The molecule has 10 nitrogen and oxygen atoms in total. The normalized spacial score (nSPS) is 15.3. The molecule has 0 aromatic heterocycles. The molecule has 3 N–H and O–H groups in total. The molecule has 3 aliphatic rings. The van der Waals surface area contributed by atoms with E-state index in [1.807, 2.05) is 72.8 Å². The summed E-state index contributed by atoms with van der Waals surface area (Å²) >= 11 is 19.2. The van der Waals surface area contributed by atoms with Crippen LogP contribution in [-0.2, 0) is 0 Å². The molecule has 81 heavy (non-hydrogen) atoms. The van der Waals surface area contributed by atoms with Crippen molar-refractivity contribution < 1.29 is 27.6 Å². The molecule has 0 spiro atoms. The predicted molar refractivity (Wildman–Crippen MR) is 328 cm³/mol. The Morgan fingerprint density at radius 3 is 0.852 bits per heavy atom. The lowest BCUT2D eigenvalue weighted by Gasteiger charge is -2.35. The average molecular weight is 1230 g/mol. The number of amides is 3. The zero-order valence-corrected chi connectivity index (χ0v) is 50.0. The molecule has 0 saturated carbocycles. The van der Waals surface area contributed by atoms with Gasteiger partial charge in [0.2, 0.25) is 0 Å². The van der Waals surface area contributed by atoms with Gasteiger partial charge in [0.05, 0.1) is 40.9 Å². The van der Waals surface area contributed by atoms with E-state index in [2.05, 4.69) is 30.7 Å². The monoisotopic (exact) mass is 1230 g/mol. The van der Waals surface area contributed by atoms with Gasteiger partial charge in [0.25, 0.3) is 17.7 Å². The van der Waals surface area contributed by atoms with Gasteiger partial charge in [-0.1, -0.05) is 145 Å². The van der Waals surface area contributed by atoms with E-state index >= 15 is 0 Å². The highest BCUT2D eigenvalue weighted by atomic mass is 35.5. The Bertz CT molecular complexity index is 2610. The van der Waals surface area contributed by atoms with Gasteiger partial charge in [-0.2, -0.15) is 5.26 Å². The molecule has 9 rings (SSSR count). The summed E-state index contributed by atoms with van der Waals surface area (Å²) in [5.74, 6) is -2.71. The molecule has 3 saturated heterocycles. The number of nitrogens with zero attached hydrogens (tertiary/aromatic N) is 4. The van der Waals surface area contributed by atoms with E-state index in [-0.39, 0.29) is 72.0 Å². The fourth-order valence-corrected chi connectivity index (χ4v) is 10.8. The largest absolute Gasteiger partial charge is 0.350 e. The van der Waals surface area contributed by atoms with Crippen LogP contribution in [0.25, 0.3) is 0 Å². The van der Waals surface area contributed by atoms with Crippen molar-refractivity contribution >= 4 is 89.7 Å². The molecule has 3 heterocycles. The highest BCUT2D eigenvalue weighted by Gasteiger charge is 2.28. The number of carbonyl (C=O) groups excluding carboxylic acids is 3. The van der Waals surface area contributed by atoms with Crippen LogP contribution in [0.15, 0.2) is 146 Å². The summed E-state index contributed by atoms with van der Waals surface area (Å²) in [6, 6.07) is 43.0. The summed E-state index contributed by atoms with van der Waals surface area (Å²) in [6.45, 7) is 8.50. The second-order valence-corrected chi connectivity index (χ2v) is 20.4. The van der Waals surface area contributed by atoms with E-state index in [1.54, 1.807) is 42.5 Å². The minimum absolute atomic E-state index is 0. The maximum absolute atomic E-state index is 13.8. The van der Waals surface area contributed by atoms with Crippen molar-refractivity contribution in [3.05, 3.63) is 211 Å². The molecular formula is C62H72Cl6F3N7O3. The van der Waals surface area contributed by atoms with E-state index in [9.17, 15) is 27.6 Å². The van der Waals surface area contributed by atoms with Crippen molar-refractivity contribution in [3.8, 4) is 6.07 Å². The van der Waals surface area contributed by atoms with Gasteiger partial charge in [-0.05, 0) is 149 Å². The second kappa shape index (κ2) is 37.7. The Labute approximate surface area is 509 Å². The van der Waals surface area contributed by atoms with E-state index in [4.69, 9.17) is 40.1 Å². The first kappa shape index (κ1) is 69.9. The second-order valence-electron chi connectivity index (χ2n) is 19.2. The number of piperidine rings is 3. The van der Waals surface area contributed by atoms with Gasteiger partial charge in [0.1, 0.15) is 17.5 Å². The lowest BCUT2D eigenvalue weighted by atomic mass is 10.0. The van der Waals surface area contributed by atoms with Crippen LogP contribution in [0.4, 0.5) is 13.2 Å². The number of nitrogens with one attached hydrogen (secondary N) is 3. The fraction of sp³-hybridized carbons (Fsp3) is 0.355. The third-order valence-corrected chi connectivity index (χ3v) is 15.0. The zero-order valence-electron chi connectivity index (χ0n) is 45.3. The molecule has 6 aromatic rings. The van der Waals surface area contributed by atoms with Crippen LogP contribution >= 0.6 is 72.0 Å². The Hall–Kier alpha value is -5.37. The highest BCUT2D eigenvalue weighted by molar-refractivity contribution is 6.32. The van der Waals surface area contributed by atoms with Crippen molar-refractivity contribution in [2.75, 3.05) is 58.9 Å². The Morgan fingerprint density at radius 2 is 0.630 bits per heavy atom. The van der Waals surface area contributed by atoms with Crippen molar-refractivity contribution in [1.82, 2.24) is 30.7 Å². The summed E-state index contributed by atoms with van der Waals surface area (Å²) in [6.07, 6.45) is 10.5. The molecule has 3 unspecified atom stereocenters. The number of halogens is 9. The lowest BCUT2D eigenvalue weighted by Crippen LogP contribution is -2.41. The molecule has 0 bridgehead atoms. The predicted octanol–water partition coefficient (Wildman–Crippen LogP) is 15.1. The van der Waals surface area contributed by atoms with Crippen molar-refractivity contribution in [2.45, 2.75) is 82.8 Å². The van der Waals surface area contributed by atoms with Crippen LogP contribution in [-0.4, -0.2) is 91.3 Å². The van der Waals surface area contributed by atoms with Gasteiger partial charge in [0, 0.05) is 41.6 Å². The molecule has 3 fully saturated rings. The standard InChI is InChI=1S/3C20H22ClFN2O.C2H3N.3ClH/c3*21-17-10-4-2-8-15(17)19(24-12-6-1-7-13-24)14-23-20(25)16-9-3-5-11-18(16)22;1-2-3;;;/h3*2-5,8-11,19H,1,6-7,12-14H2,(H,23,25);1H3;3*1H. The number of carbonyl (C=O) groups is 3. The van der Waals surface area contributed by atoms with Gasteiger partial charge < -0.3 is 16.0 Å². The van der Waals surface area contributed by atoms with Crippen LogP contribution in [0.3, 0.4) is 0 Å². The summed E-state index contributed by atoms with van der Waals surface area (Å²) in [4.78, 5) is 44.2. The number of hydrogen-bond donors (Lipinski definition) is 3. The molecule has 3 aliphatic heterocycles. The van der Waals surface area contributed by atoms with Crippen LogP contribution in [0.2, 0.25) is 15.1 Å². The number of hydrogen-bond acceptors (Lipinski definition) is 7. The number of likely N-dealkylation sites (tertiary alicyclic amines) is 3. The van der Waals surface area contributed by atoms with Gasteiger partial charge >= 0.3 is 0 Å². The molecule has 0 radical (unpaired) electrons. The maximum atomic E-state index is 13.8. The Morgan fingerprint density at radius 1 is 0.420 bits per heavy atom. The van der Waals surface area contributed by atoms with Gasteiger partial charge in [-0.25, -0.2) is 13.2 Å². The van der Waals surface area contributed by atoms with Gasteiger partial charge in [0.15, 0.2) is 0 Å². The third kappa shape index (κ3) is 21.4. The molecule has 0 aliphatic carbocycles. The van der Waals surface area contributed by atoms with Gasteiger partial charge in [-0.15, -0.1) is 37.2 Å². The summed E-state index contributed by atoms with van der Waals surface area (Å²) < 4.78 is 41.4. The average Bonchev–Trinajstić information content (AvgIpc) is 3.47. The minimum Gasteiger partial charge on any atom is -0.350 e. The third-order valence-electron chi connectivity index (χ3n) is 14.0. The molecule has 19 heteroatoms. The van der Waals surface area contributed by atoms with E-state index in [0.717, 1.165) is 94.5 Å². The maximum Gasteiger partial charge on any atom is 0.254 e. The van der Waals surface area contributed by atoms with E-state index in [1.165, 1.54) is 62.6 Å². The molecular weight excluding hydrogens is 1160 g/mol. The van der Waals surface area contributed by atoms with Crippen LogP contribution in [0.1, 0.15) is 131 Å². The quantitative estimate of drug-likeness (QED) is 0.0936. The first-order valence-corrected chi connectivity index (χ1v) is 27.9. The van der Waals surface area contributed by atoms with Crippen LogP contribution in [0.5, 0.6) is 0 Å². The van der Waals surface area contributed by atoms with Crippen LogP contribution in [0, 0.1) is 28.8 Å². The minimum atomic E-state index is -0.507. The number of benzene rings is 6. The van der Waals surface area contributed by atoms with E-state index < -0.39 is 35.2 Å². The topological polar surface area (TPSA) is 121 Å². The van der Waals surface area contributed by atoms with E-state index in [0.29, 0.717) is 34.7 Å². The van der Waals surface area contributed by atoms with Crippen molar-refractivity contribution in [3.63, 3.8) is 0 Å². The Kier molecular flexibility index (Phi) is 32.5. The summed E-state index contributed by atoms with van der Waals surface area (Å²) in [5.41, 5.74) is 3.21. The van der Waals surface area contributed by atoms with Gasteiger partial charge in [-0.3, -0.25) is 29.1 Å². The highest BCUT2D eigenvalue weighted by Crippen LogP contribution is 2.32. The molecule has 3 atom stereocenters. The first-order chi connectivity index (χ1) is 37.9. The fourth-order valence-electron chi connectivity index (χ4n) is 10.0. The molecule has 6 aromatic carbocycles. The zero-order chi connectivity index (χ0) is 55.7. The number of rotatable bonds is 15. The summed E-state index contributed by atoms with van der Waals surface area (Å²) in [5, 5.41) is 18.0. The first-order valence-electron chi connectivity index (χ1n) is 26.8. The molecule has 3 amide bonds. The Balaban J connectivity index is 0.000000305.